The van der Waals surface area contributed by atoms with Crippen LogP contribution < -0.4 is 5.32 Å². The molecule has 0 radical (unpaired) electrons. The van der Waals surface area contributed by atoms with Gasteiger partial charge in [0.05, 0.1) is 10.9 Å². The molecule has 32 heavy (non-hydrogen) atoms. The van der Waals surface area contributed by atoms with Crippen molar-refractivity contribution in [1.29, 1.82) is 0 Å². The summed E-state index contributed by atoms with van der Waals surface area (Å²) >= 11 is 9.03. The number of benzene rings is 2. The van der Waals surface area contributed by atoms with E-state index < -0.39 is 5.25 Å². The quantitative estimate of drug-likeness (QED) is 0.335. The number of hydrogen-bond acceptors (Lipinski definition) is 6. The molecule has 0 saturated heterocycles. The molecule has 162 valence electrons. The molecule has 1 amide bonds. The number of anilines is 1. The van der Waals surface area contributed by atoms with Gasteiger partial charge in [0.1, 0.15) is 0 Å². The monoisotopic (exact) mass is 481 g/mol. The van der Waals surface area contributed by atoms with E-state index in [9.17, 15) is 4.79 Å². The molecule has 1 atom stereocenters. The van der Waals surface area contributed by atoms with Gasteiger partial charge < -0.3 is 5.32 Å². The molecule has 1 N–H and O–H groups in total. The summed E-state index contributed by atoms with van der Waals surface area (Å²) in [5, 5.41) is 12.7. The van der Waals surface area contributed by atoms with Crippen LogP contribution in [0.15, 0.2) is 83.1 Å². The predicted octanol–water partition coefficient (Wildman–Crippen LogP) is 5.82. The van der Waals surface area contributed by atoms with Crippen LogP contribution in [0.2, 0.25) is 5.02 Å². The first-order valence-electron chi connectivity index (χ1n) is 9.79. The highest BCUT2D eigenvalue weighted by Gasteiger charge is 2.22. The molecule has 9 heteroatoms. The third-order valence-corrected chi connectivity index (χ3v) is 6.76. The average Bonchev–Trinajstić information content (AvgIpc) is 3.24. The van der Waals surface area contributed by atoms with E-state index >= 15 is 0 Å². The number of para-hydroxylation sites is 1. The summed E-state index contributed by atoms with van der Waals surface area (Å²) < 4.78 is 1.93. The van der Waals surface area contributed by atoms with Gasteiger partial charge in [0, 0.05) is 33.6 Å². The summed E-state index contributed by atoms with van der Waals surface area (Å²) in [5.74, 6) is 0.560. The van der Waals surface area contributed by atoms with E-state index in [1.807, 2.05) is 78.4 Å². The number of aromatic nitrogens is 4. The van der Waals surface area contributed by atoms with Crippen molar-refractivity contribution in [2.24, 2.45) is 0 Å². The molecular weight excluding hydrogens is 462 g/mol. The van der Waals surface area contributed by atoms with Crippen molar-refractivity contribution in [3.8, 4) is 17.1 Å². The van der Waals surface area contributed by atoms with E-state index in [-0.39, 0.29) is 5.91 Å². The van der Waals surface area contributed by atoms with Crippen molar-refractivity contribution in [2.45, 2.75) is 22.2 Å². The topological polar surface area (TPSA) is 72.7 Å². The first kappa shape index (κ1) is 22.4. The molecule has 4 aromatic rings. The summed E-state index contributed by atoms with van der Waals surface area (Å²) in [6.07, 6.45) is 5.41. The molecule has 0 spiro atoms. The number of nitrogens with zero attached hydrogens (tertiary/aromatic N) is 4. The van der Waals surface area contributed by atoms with Gasteiger partial charge in [0.2, 0.25) is 5.91 Å². The Bertz CT molecular complexity index is 1210. The number of pyridine rings is 1. The van der Waals surface area contributed by atoms with Crippen LogP contribution in [0.1, 0.15) is 6.92 Å². The Kier molecular flexibility index (Phi) is 7.14. The van der Waals surface area contributed by atoms with Crippen LogP contribution in [0, 0.1) is 0 Å². The van der Waals surface area contributed by atoms with Gasteiger partial charge in [-0.05, 0) is 61.7 Å². The number of amides is 1. The van der Waals surface area contributed by atoms with Gasteiger partial charge in [-0.3, -0.25) is 14.3 Å². The van der Waals surface area contributed by atoms with Crippen molar-refractivity contribution in [3.05, 3.63) is 78.1 Å². The fourth-order valence-corrected chi connectivity index (χ4v) is 4.60. The third kappa shape index (κ3) is 4.98. The SMILES string of the molecule is CSc1ccccc1NC(=O)C(C)Sc1nnc(-c2ccncc2)n1-c1ccc(Cl)cc1. The number of hydrogen-bond donors (Lipinski definition) is 1. The minimum atomic E-state index is -0.398. The highest BCUT2D eigenvalue weighted by molar-refractivity contribution is 8.00. The summed E-state index contributed by atoms with van der Waals surface area (Å²) in [5.41, 5.74) is 2.53. The maximum absolute atomic E-state index is 12.9. The Morgan fingerprint density at radius 2 is 1.75 bits per heavy atom. The van der Waals surface area contributed by atoms with Crippen molar-refractivity contribution in [3.63, 3.8) is 0 Å². The van der Waals surface area contributed by atoms with Crippen LogP contribution in [0.3, 0.4) is 0 Å². The molecular formula is C23H20ClN5OS2. The highest BCUT2D eigenvalue weighted by Crippen LogP contribution is 2.31. The zero-order valence-corrected chi connectivity index (χ0v) is 19.8. The maximum atomic E-state index is 12.9. The lowest BCUT2D eigenvalue weighted by molar-refractivity contribution is -0.115. The molecule has 2 aromatic carbocycles. The van der Waals surface area contributed by atoms with E-state index in [1.165, 1.54) is 11.8 Å². The van der Waals surface area contributed by atoms with Crippen molar-refractivity contribution in [1.82, 2.24) is 19.7 Å². The fraction of sp³-hybridized carbons (Fsp3) is 0.130. The normalized spacial score (nSPS) is 11.8. The third-order valence-electron chi connectivity index (χ3n) is 4.67. The molecule has 4 rings (SSSR count). The summed E-state index contributed by atoms with van der Waals surface area (Å²) in [6, 6.07) is 18.9. The number of rotatable bonds is 7. The lowest BCUT2D eigenvalue weighted by Crippen LogP contribution is -2.23. The molecule has 6 nitrogen and oxygen atoms in total. The van der Waals surface area contributed by atoms with Crippen molar-refractivity contribution >= 4 is 46.7 Å². The summed E-state index contributed by atoms with van der Waals surface area (Å²) in [6.45, 7) is 1.86. The van der Waals surface area contributed by atoms with Crippen LogP contribution in [-0.4, -0.2) is 37.2 Å². The number of carbonyl (C=O) groups excluding carboxylic acids is 1. The number of carbonyl (C=O) groups is 1. The summed E-state index contributed by atoms with van der Waals surface area (Å²) in [7, 11) is 0. The Balaban J connectivity index is 1.64. The minimum Gasteiger partial charge on any atom is -0.324 e. The van der Waals surface area contributed by atoms with Crippen LogP contribution in [0.5, 0.6) is 0 Å². The molecule has 0 aliphatic carbocycles. The molecule has 0 saturated carbocycles. The standard InChI is InChI=1S/C23H20ClN5OS2/c1-15(22(30)26-19-5-3-4-6-20(19)31-2)32-23-28-27-21(16-11-13-25-14-12-16)29(23)18-9-7-17(24)8-10-18/h3-15H,1-2H3,(H,26,30). The van der Waals surface area contributed by atoms with Crippen LogP contribution in [-0.2, 0) is 4.79 Å². The van der Waals surface area contributed by atoms with E-state index in [0.717, 1.165) is 21.8 Å². The molecule has 0 bridgehead atoms. The van der Waals surface area contributed by atoms with Crippen LogP contribution in [0.4, 0.5) is 5.69 Å². The first-order chi connectivity index (χ1) is 15.6. The molecule has 2 aromatic heterocycles. The van der Waals surface area contributed by atoms with Crippen molar-refractivity contribution in [2.75, 3.05) is 11.6 Å². The van der Waals surface area contributed by atoms with Gasteiger partial charge in [0.15, 0.2) is 11.0 Å². The smallest absolute Gasteiger partial charge is 0.237 e. The Morgan fingerprint density at radius 3 is 2.47 bits per heavy atom. The minimum absolute atomic E-state index is 0.104. The molecule has 2 heterocycles. The second kappa shape index (κ2) is 10.2. The van der Waals surface area contributed by atoms with Crippen molar-refractivity contribution < 1.29 is 4.79 Å². The Morgan fingerprint density at radius 1 is 1.03 bits per heavy atom. The number of thioether (sulfide) groups is 2. The Labute approximate surface area is 199 Å². The van der Waals surface area contributed by atoms with Gasteiger partial charge in [-0.15, -0.1) is 22.0 Å². The molecule has 0 fully saturated rings. The van der Waals surface area contributed by atoms with Gasteiger partial charge in [-0.1, -0.05) is 35.5 Å². The van der Waals surface area contributed by atoms with E-state index in [1.54, 1.807) is 24.2 Å². The zero-order valence-electron chi connectivity index (χ0n) is 17.4. The van der Waals surface area contributed by atoms with E-state index in [4.69, 9.17) is 11.6 Å². The van der Waals surface area contributed by atoms with Gasteiger partial charge in [-0.2, -0.15) is 0 Å². The zero-order chi connectivity index (χ0) is 22.5. The highest BCUT2D eigenvalue weighted by atomic mass is 35.5. The number of halogens is 1. The second-order valence-corrected chi connectivity index (χ2v) is 9.40. The number of nitrogens with one attached hydrogen (secondary N) is 1. The van der Waals surface area contributed by atoms with Gasteiger partial charge >= 0.3 is 0 Å². The van der Waals surface area contributed by atoms with E-state index in [0.29, 0.717) is 16.0 Å². The maximum Gasteiger partial charge on any atom is 0.237 e. The largest absolute Gasteiger partial charge is 0.324 e. The van der Waals surface area contributed by atoms with Crippen LogP contribution in [0.25, 0.3) is 17.1 Å². The molecule has 1 unspecified atom stereocenters. The second-order valence-electron chi connectivity index (χ2n) is 6.80. The summed E-state index contributed by atoms with van der Waals surface area (Å²) in [4.78, 5) is 18.0. The average molecular weight is 482 g/mol. The first-order valence-corrected chi connectivity index (χ1v) is 12.3. The lowest BCUT2D eigenvalue weighted by Gasteiger charge is -2.15. The van der Waals surface area contributed by atoms with Crippen LogP contribution >= 0.6 is 35.1 Å². The molecule has 0 aliphatic rings. The van der Waals surface area contributed by atoms with E-state index in [2.05, 4.69) is 20.5 Å². The van der Waals surface area contributed by atoms with Gasteiger partial charge in [0.25, 0.3) is 0 Å². The Hall–Kier alpha value is -2.81. The lowest BCUT2D eigenvalue weighted by atomic mass is 10.2. The predicted molar refractivity (Wildman–Crippen MR) is 132 cm³/mol. The van der Waals surface area contributed by atoms with Gasteiger partial charge in [-0.25, -0.2) is 0 Å². The molecule has 0 aliphatic heterocycles. The fourth-order valence-electron chi connectivity index (χ4n) is 3.05.